The van der Waals surface area contributed by atoms with Crippen LogP contribution in [-0.2, 0) is 20.2 Å². The molecule has 0 aliphatic heterocycles. The van der Waals surface area contributed by atoms with E-state index >= 15 is 0 Å². The lowest BCUT2D eigenvalue weighted by Gasteiger charge is -2.11. The van der Waals surface area contributed by atoms with E-state index in [-0.39, 0.29) is 46.3 Å². The summed E-state index contributed by atoms with van der Waals surface area (Å²) < 4.78 is 69.5. The molecule has 0 bridgehead atoms. The molecule has 0 radical (unpaired) electrons. The van der Waals surface area contributed by atoms with Gasteiger partial charge in [-0.05, 0) is 59.7 Å². The van der Waals surface area contributed by atoms with Crippen LogP contribution in [0.2, 0.25) is 0 Å². The quantitative estimate of drug-likeness (QED) is 0.0660. The van der Waals surface area contributed by atoms with Gasteiger partial charge in [0.15, 0.2) is 0 Å². The molecule has 6 rings (SSSR count). The third-order valence-corrected chi connectivity index (χ3v) is 8.56. The van der Waals surface area contributed by atoms with Gasteiger partial charge in [0.05, 0.1) is 0 Å². The zero-order valence-corrected chi connectivity index (χ0v) is 27.2. The summed E-state index contributed by atoms with van der Waals surface area (Å²) in [5.41, 5.74) is 1.97. The molecule has 0 atom stereocenters. The maximum Gasteiger partial charge on any atom is 0.295 e. The van der Waals surface area contributed by atoms with Crippen LogP contribution in [0.5, 0.6) is 0 Å². The third kappa shape index (κ3) is 8.76. The van der Waals surface area contributed by atoms with Gasteiger partial charge < -0.3 is 21.3 Å². The van der Waals surface area contributed by atoms with Crippen LogP contribution in [0, 0.1) is 0 Å². The molecule has 6 N–H and O–H groups in total. The van der Waals surface area contributed by atoms with Crippen LogP contribution >= 0.6 is 0 Å². The molecule has 18 heteroatoms. The molecular formula is C32H26N10O6S2. The number of hydrogen-bond donors (Lipinski definition) is 6. The van der Waals surface area contributed by atoms with Gasteiger partial charge in [0.25, 0.3) is 20.2 Å². The second kappa shape index (κ2) is 14.4. The first-order valence-electron chi connectivity index (χ1n) is 14.5. The molecular weight excluding hydrogens is 685 g/mol. The third-order valence-electron chi connectivity index (χ3n) is 6.74. The molecule has 6 aromatic rings. The van der Waals surface area contributed by atoms with Gasteiger partial charge >= 0.3 is 0 Å². The highest BCUT2D eigenvalue weighted by molar-refractivity contribution is 7.86. The van der Waals surface area contributed by atoms with E-state index in [4.69, 9.17) is 0 Å². The number of aromatic nitrogens is 6. The Morgan fingerprint density at radius 1 is 0.460 bits per heavy atom. The number of rotatable bonds is 12. The predicted molar refractivity (Wildman–Crippen MR) is 187 cm³/mol. The Bertz CT molecular complexity index is 2230. The van der Waals surface area contributed by atoms with Crippen LogP contribution in [0.1, 0.15) is 11.1 Å². The number of para-hydroxylation sites is 2. The van der Waals surface area contributed by atoms with Crippen molar-refractivity contribution in [1.82, 2.24) is 29.9 Å². The molecule has 2 heterocycles. The topological polar surface area (TPSA) is 234 Å². The van der Waals surface area contributed by atoms with Gasteiger partial charge in [0.1, 0.15) is 22.4 Å². The van der Waals surface area contributed by atoms with Gasteiger partial charge in [0.2, 0.25) is 23.8 Å². The van der Waals surface area contributed by atoms with E-state index in [0.29, 0.717) is 0 Å². The first kappa shape index (κ1) is 33.6. The minimum absolute atomic E-state index is 0.0206. The van der Waals surface area contributed by atoms with Crippen LogP contribution in [-0.4, -0.2) is 55.8 Å². The highest BCUT2D eigenvalue weighted by Crippen LogP contribution is 2.28. The normalized spacial score (nSPS) is 11.6. The molecule has 0 aliphatic rings. The highest BCUT2D eigenvalue weighted by Gasteiger charge is 2.18. The van der Waals surface area contributed by atoms with Crippen molar-refractivity contribution in [3.8, 4) is 0 Å². The van der Waals surface area contributed by atoms with E-state index in [1.54, 1.807) is 0 Å². The molecule has 0 saturated heterocycles. The number of hydrogen-bond acceptors (Lipinski definition) is 14. The molecule has 0 fully saturated rings. The summed E-state index contributed by atoms with van der Waals surface area (Å²) in [6.45, 7) is 0. The molecule has 2 aromatic heterocycles. The highest BCUT2D eigenvalue weighted by atomic mass is 32.2. The monoisotopic (exact) mass is 710 g/mol. The molecule has 4 aromatic carbocycles. The lowest BCUT2D eigenvalue weighted by molar-refractivity contribution is 0.480. The van der Waals surface area contributed by atoms with Crippen molar-refractivity contribution in [3.05, 3.63) is 121 Å². The fourth-order valence-corrected chi connectivity index (χ4v) is 5.94. The Hall–Kier alpha value is -6.34. The molecule has 0 unspecified atom stereocenters. The second-order valence-electron chi connectivity index (χ2n) is 10.3. The summed E-state index contributed by atoms with van der Waals surface area (Å²) in [5.74, 6) is 0.653. The van der Waals surface area contributed by atoms with E-state index in [1.807, 2.05) is 60.7 Å². The Balaban J connectivity index is 1.23. The fraction of sp³-hybridized carbons (Fsp3) is 0. The van der Waals surface area contributed by atoms with E-state index in [2.05, 4.69) is 51.2 Å². The fourth-order valence-electron chi connectivity index (χ4n) is 4.52. The van der Waals surface area contributed by atoms with Crippen molar-refractivity contribution in [3.63, 3.8) is 0 Å². The smallest absolute Gasteiger partial charge is 0.295 e. The lowest BCUT2D eigenvalue weighted by atomic mass is 10.1. The Morgan fingerprint density at radius 2 is 0.800 bits per heavy atom. The lowest BCUT2D eigenvalue weighted by Crippen LogP contribution is -2.05. The van der Waals surface area contributed by atoms with Crippen molar-refractivity contribution in [2.45, 2.75) is 9.79 Å². The van der Waals surface area contributed by atoms with Gasteiger partial charge in [-0.25, -0.2) is 19.9 Å². The molecule has 252 valence electrons. The summed E-state index contributed by atoms with van der Waals surface area (Å²) in [6, 6.07) is 26.5. The maximum absolute atomic E-state index is 12.4. The number of nitrogens with zero attached hydrogens (tertiary/aromatic N) is 6. The van der Waals surface area contributed by atoms with Crippen molar-refractivity contribution >= 4 is 78.9 Å². The summed E-state index contributed by atoms with van der Waals surface area (Å²) in [7, 11) is -9.53. The first-order chi connectivity index (χ1) is 24.0. The van der Waals surface area contributed by atoms with Crippen LogP contribution in [0.15, 0.2) is 120 Å². The number of nitrogens with one attached hydrogen (secondary N) is 4. The van der Waals surface area contributed by atoms with Crippen LogP contribution in [0.25, 0.3) is 12.2 Å². The average Bonchev–Trinajstić information content (AvgIpc) is 3.08. The minimum Gasteiger partial charge on any atom is -0.324 e. The standard InChI is InChI=1S/C32H26N10O6S2/c43-49(44,45)27-17-25(39-31-35-19-33-29(41-31)37-23-7-3-1-4-8-23)15-13-21(27)11-12-22-14-16-26(18-28(22)50(46,47)48)40-32-36-20-34-30(42-32)38-24-9-5-2-6-10-24/h1-20H,(H,43,44,45)(H,46,47,48)(H2,33,35,37,39,41)(H2,34,36,38,40,42)/b12-11+. The maximum atomic E-state index is 12.4. The Labute approximate surface area is 286 Å². The Kier molecular flexibility index (Phi) is 9.68. The molecule has 0 amide bonds. The van der Waals surface area contributed by atoms with Crippen molar-refractivity contribution in [1.29, 1.82) is 0 Å². The van der Waals surface area contributed by atoms with Crippen LogP contribution in [0.3, 0.4) is 0 Å². The molecule has 0 spiro atoms. The molecule has 50 heavy (non-hydrogen) atoms. The predicted octanol–water partition coefficient (Wildman–Crippen LogP) is 5.69. The Morgan fingerprint density at radius 3 is 1.14 bits per heavy atom. The molecule has 16 nitrogen and oxygen atoms in total. The van der Waals surface area contributed by atoms with Crippen LogP contribution < -0.4 is 21.3 Å². The van der Waals surface area contributed by atoms with Crippen molar-refractivity contribution in [2.75, 3.05) is 21.3 Å². The number of anilines is 8. The molecule has 0 aliphatic carbocycles. The van der Waals surface area contributed by atoms with Gasteiger partial charge in [0, 0.05) is 22.7 Å². The minimum atomic E-state index is -4.76. The zero-order valence-electron chi connectivity index (χ0n) is 25.6. The summed E-state index contributed by atoms with van der Waals surface area (Å²) in [6.07, 6.45) is 5.09. The van der Waals surface area contributed by atoms with Gasteiger partial charge in [-0.3, -0.25) is 9.11 Å². The van der Waals surface area contributed by atoms with Crippen molar-refractivity contribution in [2.24, 2.45) is 0 Å². The van der Waals surface area contributed by atoms with E-state index in [1.165, 1.54) is 49.1 Å². The first-order valence-corrected chi connectivity index (χ1v) is 17.3. The van der Waals surface area contributed by atoms with E-state index in [0.717, 1.165) is 23.5 Å². The van der Waals surface area contributed by atoms with Crippen molar-refractivity contribution < 1.29 is 25.9 Å². The SMILES string of the molecule is O=S(=O)(O)c1cc(Nc2ncnc(Nc3ccccc3)n2)ccc1/C=C/c1ccc(Nc2ncnc(Nc3ccccc3)n2)cc1S(=O)(=O)O. The second-order valence-corrected chi connectivity index (χ2v) is 13.1. The van der Waals surface area contributed by atoms with E-state index < -0.39 is 30.0 Å². The number of benzene rings is 4. The summed E-state index contributed by atoms with van der Waals surface area (Å²) in [5, 5.41) is 11.8. The summed E-state index contributed by atoms with van der Waals surface area (Å²) >= 11 is 0. The molecule has 0 saturated carbocycles. The van der Waals surface area contributed by atoms with Crippen LogP contribution in [0.4, 0.5) is 46.5 Å². The zero-order chi connectivity index (χ0) is 35.1. The van der Waals surface area contributed by atoms with Gasteiger partial charge in [-0.1, -0.05) is 60.7 Å². The average molecular weight is 711 g/mol. The largest absolute Gasteiger partial charge is 0.324 e. The van der Waals surface area contributed by atoms with E-state index in [9.17, 15) is 25.9 Å². The van der Waals surface area contributed by atoms with Gasteiger partial charge in [-0.15, -0.1) is 0 Å². The van der Waals surface area contributed by atoms with Gasteiger partial charge in [-0.2, -0.15) is 26.8 Å². The summed E-state index contributed by atoms with van der Waals surface area (Å²) in [4.78, 5) is 23.8.